The maximum Gasteiger partial charge on any atom is 0.124 e. The van der Waals surface area contributed by atoms with Crippen LogP contribution in [0.15, 0.2) is 18.2 Å². The van der Waals surface area contributed by atoms with Gasteiger partial charge in [-0.2, -0.15) is 0 Å². The lowest BCUT2D eigenvalue weighted by molar-refractivity contribution is 0.331. The van der Waals surface area contributed by atoms with Crippen molar-refractivity contribution in [1.29, 1.82) is 0 Å². The summed E-state index contributed by atoms with van der Waals surface area (Å²) in [6.07, 6.45) is 2.18. The summed E-state index contributed by atoms with van der Waals surface area (Å²) < 4.78 is 5.65. The molecular formula is C15H25NO. The molecule has 2 nitrogen and oxygen atoms in total. The molecule has 0 aliphatic heterocycles. The van der Waals surface area contributed by atoms with Crippen molar-refractivity contribution in [2.75, 3.05) is 6.61 Å². The van der Waals surface area contributed by atoms with E-state index in [1.165, 1.54) is 12.0 Å². The van der Waals surface area contributed by atoms with Crippen LogP contribution in [-0.4, -0.2) is 6.61 Å². The van der Waals surface area contributed by atoms with Crippen LogP contribution >= 0.6 is 0 Å². The van der Waals surface area contributed by atoms with E-state index in [0.29, 0.717) is 12.5 Å². The van der Waals surface area contributed by atoms with Gasteiger partial charge in [-0.05, 0) is 32.3 Å². The van der Waals surface area contributed by atoms with Crippen LogP contribution in [0, 0.1) is 12.8 Å². The van der Waals surface area contributed by atoms with Gasteiger partial charge < -0.3 is 10.5 Å². The van der Waals surface area contributed by atoms with Crippen LogP contribution < -0.4 is 10.5 Å². The molecule has 17 heavy (non-hydrogen) atoms. The molecule has 96 valence electrons. The zero-order valence-electron chi connectivity index (χ0n) is 11.5. The number of nitrogens with two attached hydrogens (primary N) is 1. The van der Waals surface area contributed by atoms with E-state index in [-0.39, 0.29) is 6.04 Å². The van der Waals surface area contributed by atoms with E-state index >= 15 is 0 Å². The molecule has 0 saturated heterocycles. The molecule has 0 aromatic heterocycles. The second kappa shape index (κ2) is 6.65. The molecule has 2 N–H and O–H groups in total. The predicted molar refractivity (Wildman–Crippen MR) is 73.3 cm³/mol. The van der Waals surface area contributed by atoms with Crippen molar-refractivity contribution in [3.63, 3.8) is 0 Å². The third-order valence-electron chi connectivity index (χ3n) is 3.22. The third kappa shape index (κ3) is 4.04. The Kier molecular flexibility index (Phi) is 5.49. The monoisotopic (exact) mass is 235 g/mol. The lowest BCUT2D eigenvalue weighted by Gasteiger charge is -2.20. The smallest absolute Gasteiger partial charge is 0.124 e. The van der Waals surface area contributed by atoms with Gasteiger partial charge in [-0.25, -0.2) is 0 Å². The Hall–Kier alpha value is -1.02. The molecule has 1 aromatic rings. The fourth-order valence-corrected chi connectivity index (χ4v) is 1.97. The minimum Gasteiger partial charge on any atom is -0.494 e. The molecule has 0 amide bonds. The first-order valence-corrected chi connectivity index (χ1v) is 6.57. The molecule has 2 atom stereocenters. The Morgan fingerprint density at radius 3 is 2.59 bits per heavy atom. The van der Waals surface area contributed by atoms with E-state index in [0.717, 1.165) is 17.7 Å². The number of hydrogen-bond donors (Lipinski definition) is 1. The zero-order chi connectivity index (χ0) is 12.8. The Bertz CT molecular complexity index is 349. The van der Waals surface area contributed by atoms with Gasteiger partial charge in [0.2, 0.25) is 0 Å². The largest absolute Gasteiger partial charge is 0.494 e. The molecule has 1 aromatic carbocycles. The fraction of sp³-hybridized carbons (Fsp3) is 0.600. The van der Waals surface area contributed by atoms with Crippen LogP contribution in [-0.2, 0) is 0 Å². The van der Waals surface area contributed by atoms with Crippen molar-refractivity contribution in [3.8, 4) is 5.75 Å². The van der Waals surface area contributed by atoms with Gasteiger partial charge in [0.15, 0.2) is 0 Å². The average Bonchev–Trinajstić information content (AvgIpc) is 2.31. The second-order valence-electron chi connectivity index (χ2n) is 4.83. The maximum atomic E-state index is 6.29. The maximum absolute atomic E-state index is 6.29. The van der Waals surface area contributed by atoms with Crippen molar-refractivity contribution < 1.29 is 4.74 Å². The highest BCUT2D eigenvalue weighted by Gasteiger charge is 2.14. The summed E-state index contributed by atoms with van der Waals surface area (Å²) in [6, 6.07) is 6.33. The first kappa shape index (κ1) is 14.0. The molecule has 0 saturated carbocycles. The summed E-state index contributed by atoms with van der Waals surface area (Å²) in [6.45, 7) is 9.23. The summed E-state index contributed by atoms with van der Waals surface area (Å²) in [5.74, 6) is 1.59. The molecule has 0 heterocycles. The first-order valence-electron chi connectivity index (χ1n) is 6.57. The Morgan fingerprint density at radius 2 is 2.00 bits per heavy atom. The van der Waals surface area contributed by atoms with Crippen molar-refractivity contribution in [2.45, 2.75) is 46.6 Å². The molecule has 0 radical (unpaired) electrons. The van der Waals surface area contributed by atoms with Gasteiger partial charge in [0, 0.05) is 11.6 Å². The Balaban J connectivity index is 2.89. The van der Waals surface area contributed by atoms with Crippen LogP contribution in [0.25, 0.3) is 0 Å². The summed E-state index contributed by atoms with van der Waals surface area (Å²) >= 11 is 0. The van der Waals surface area contributed by atoms with Gasteiger partial charge >= 0.3 is 0 Å². The molecule has 0 spiro atoms. The van der Waals surface area contributed by atoms with Crippen molar-refractivity contribution in [2.24, 2.45) is 11.7 Å². The molecule has 0 fully saturated rings. The molecule has 1 rings (SSSR count). The normalized spacial score (nSPS) is 14.4. The molecule has 2 unspecified atom stereocenters. The predicted octanol–water partition coefficient (Wildman–Crippen LogP) is 3.83. The SMILES string of the molecule is CCOc1ccc(C)cc1C(N)CC(C)CC. The van der Waals surface area contributed by atoms with Crippen LogP contribution in [0.4, 0.5) is 0 Å². The summed E-state index contributed by atoms with van der Waals surface area (Å²) in [7, 11) is 0. The molecule has 0 aliphatic carbocycles. The molecule has 2 heteroatoms. The number of benzene rings is 1. The summed E-state index contributed by atoms with van der Waals surface area (Å²) in [5, 5.41) is 0. The summed E-state index contributed by atoms with van der Waals surface area (Å²) in [5.41, 5.74) is 8.68. The highest BCUT2D eigenvalue weighted by molar-refractivity contribution is 5.39. The minimum absolute atomic E-state index is 0.0754. The van der Waals surface area contributed by atoms with Crippen molar-refractivity contribution >= 4 is 0 Å². The van der Waals surface area contributed by atoms with E-state index in [2.05, 4.69) is 32.9 Å². The van der Waals surface area contributed by atoms with E-state index < -0.39 is 0 Å². The van der Waals surface area contributed by atoms with Crippen molar-refractivity contribution in [1.82, 2.24) is 0 Å². The standard InChI is InChI=1S/C15H25NO/c1-5-11(3)10-14(16)13-9-12(4)7-8-15(13)17-6-2/h7-9,11,14H,5-6,10,16H2,1-4H3. The van der Waals surface area contributed by atoms with Gasteiger partial charge in [-0.15, -0.1) is 0 Å². The van der Waals surface area contributed by atoms with Crippen LogP contribution in [0.3, 0.4) is 0 Å². The Morgan fingerprint density at radius 1 is 1.29 bits per heavy atom. The van der Waals surface area contributed by atoms with Gasteiger partial charge in [0.05, 0.1) is 6.61 Å². The highest BCUT2D eigenvalue weighted by atomic mass is 16.5. The highest BCUT2D eigenvalue weighted by Crippen LogP contribution is 2.29. The first-order chi connectivity index (χ1) is 8.08. The van der Waals surface area contributed by atoms with E-state index in [4.69, 9.17) is 10.5 Å². The molecular weight excluding hydrogens is 210 g/mol. The lowest BCUT2D eigenvalue weighted by Crippen LogP contribution is -2.15. The van der Waals surface area contributed by atoms with E-state index in [1.54, 1.807) is 0 Å². The molecule has 0 bridgehead atoms. The quantitative estimate of drug-likeness (QED) is 0.813. The second-order valence-corrected chi connectivity index (χ2v) is 4.83. The number of hydrogen-bond acceptors (Lipinski definition) is 2. The van der Waals surface area contributed by atoms with Crippen LogP contribution in [0.2, 0.25) is 0 Å². The fourth-order valence-electron chi connectivity index (χ4n) is 1.97. The van der Waals surface area contributed by atoms with Gasteiger partial charge in [0.1, 0.15) is 5.75 Å². The minimum atomic E-state index is 0.0754. The van der Waals surface area contributed by atoms with Crippen LogP contribution in [0.1, 0.15) is 50.8 Å². The average molecular weight is 235 g/mol. The Labute approximate surface area is 105 Å². The number of aryl methyl sites for hydroxylation is 1. The van der Waals surface area contributed by atoms with Gasteiger partial charge in [-0.3, -0.25) is 0 Å². The lowest BCUT2D eigenvalue weighted by atomic mass is 9.93. The van der Waals surface area contributed by atoms with E-state index in [1.807, 2.05) is 13.0 Å². The summed E-state index contributed by atoms with van der Waals surface area (Å²) in [4.78, 5) is 0. The molecule has 0 aliphatic rings. The van der Waals surface area contributed by atoms with Crippen LogP contribution in [0.5, 0.6) is 5.75 Å². The topological polar surface area (TPSA) is 35.2 Å². The van der Waals surface area contributed by atoms with Gasteiger partial charge in [-0.1, -0.05) is 38.0 Å². The van der Waals surface area contributed by atoms with Crippen molar-refractivity contribution in [3.05, 3.63) is 29.3 Å². The number of rotatable bonds is 6. The zero-order valence-corrected chi connectivity index (χ0v) is 11.5. The van der Waals surface area contributed by atoms with Gasteiger partial charge in [0.25, 0.3) is 0 Å². The number of ether oxygens (including phenoxy) is 1. The van der Waals surface area contributed by atoms with E-state index in [9.17, 15) is 0 Å². The third-order valence-corrected chi connectivity index (χ3v) is 3.22.